The number of nitrogens with zero attached hydrogens (tertiary/aromatic N) is 3. The highest BCUT2D eigenvalue weighted by molar-refractivity contribution is 7.07. The summed E-state index contributed by atoms with van der Waals surface area (Å²) in [5.41, 5.74) is 5.05. The van der Waals surface area contributed by atoms with E-state index in [0.29, 0.717) is 12.5 Å². The van der Waals surface area contributed by atoms with E-state index in [9.17, 15) is 9.59 Å². The zero-order valence-corrected chi connectivity index (χ0v) is 18.2. The maximum Gasteiger partial charge on any atom is 0.221 e. The second kappa shape index (κ2) is 8.97. The number of piperidine rings is 1. The summed E-state index contributed by atoms with van der Waals surface area (Å²) in [5, 5.41) is 6.05. The normalized spacial score (nSPS) is 15.4. The molecule has 2 aromatic heterocycles. The molecule has 0 bridgehead atoms. The summed E-state index contributed by atoms with van der Waals surface area (Å²) in [7, 11) is 0. The largest absolute Gasteiger partial charge is 0.361 e. The summed E-state index contributed by atoms with van der Waals surface area (Å²) in [6, 6.07) is 6.01. The lowest BCUT2D eigenvalue weighted by Gasteiger charge is -2.35. The molecule has 0 aliphatic carbocycles. The number of thiazole rings is 1. The lowest BCUT2D eigenvalue weighted by atomic mass is 9.89. The number of benzene rings is 1. The Morgan fingerprint density at radius 3 is 2.77 bits per heavy atom. The molecule has 158 valence electrons. The van der Waals surface area contributed by atoms with Crippen LogP contribution in [-0.4, -0.2) is 52.9 Å². The van der Waals surface area contributed by atoms with E-state index in [1.54, 1.807) is 23.8 Å². The van der Waals surface area contributed by atoms with Crippen LogP contribution in [0.25, 0.3) is 10.9 Å². The van der Waals surface area contributed by atoms with Crippen LogP contribution in [-0.2, 0) is 9.59 Å². The Kier molecular flexibility index (Phi) is 6.15. The van der Waals surface area contributed by atoms with Crippen molar-refractivity contribution in [1.82, 2.24) is 14.9 Å². The molecular weight excluding hydrogens is 398 g/mol. The molecule has 0 radical (unpaired) electrons. The number of rotatable bonds is 7. The summed E-state index contributed by atoms with van der Waals surface area (Å²) in [6.07, 6.45) is 4.23. The van der Waals surface area contributed by atoms with Gasteiger partial charge in [-0.05, 0) is 49.4 Å². The molecule has 1 aliphatic rings. The lowest BCUT2D eigenvalue weighted by Crippen LogP contribution is -2.43. The molecule has 8 heteroatoms. The van der Waals surface area contributed by atoms with Crippen LogP contribution in [0.4, 0.5) is 11.5 Å². The van der Waals surface area contributed by atoms with Crippen LogP contribution < -0.4 is 10.2 Å². The predicted molar refractivity (Wildman–Crippen MR) is 121 cm³/mol. The fraction of sp³-hybridized carbons (Fsp3) is 0.409. The third-order valence-electron chi connectivity index (χ3n) is 5.59. The van der Waals surface area contributed by atoms with Crippen molar-refractivity contribution in [2.45, 2.75) is 32.6 Å². The van der Waals surface area contributed by atoms with Gasteiger partial charge in [0.25, 0.3) is 0 Å². The second-order valence-electron chi connectivity index (χ2n) is 7.97. The molecule has 1 fully saturated rings. The molecule has 3 heterocycles. The number of aromatic nitrogens is 2. The number of carbonyl (C=O) groups is 2. The van der Waals surface area contributed by atoms with E-state index in [4.69, 9.17) is 0 Å². The van der Waals surface area contributed by atoms with Gasteiger partial charge in [-0.3, -0.25) is 14.5 Å². The molecule has 7 nitrogen and oxygen atoms in total. The molecule has 3 aromatic rings. The van der Waals surface area contributed by atoms with Gasteiger partial charge in [0, 0.05) is 48.2 Å². The van der Waals surface area contributed by atoms with Crippen molar-refractivity contribution in [1.29, 1.82) is 0 Å². The van der Waals surface area contributed by atoms with E-state index >= 15 is 0 Å². The Balaban J connectivity index is 1.43. The van der Waals surface area contributed by atoms with Crippen molar-refractivity contribution in [3.8, 4) is 0 Å². The molecule has 1 aromatic carbocycles. The number of anilines is 2. The summed E-state index contributed by atoms with van der Waals surface area (Å²) in [6.45, 7) is 6.20. The minimum Gasteiger partial charge on any atom is -0.361 e. The van der Waals surface area contributed by atoms with Crippen molar-refractivity contribution < 1.29 is 9.59 Å². The Labute approximate surface area is 180 Å². The predicted octanol–water partition coefficient (Wildman–Crippen LogP) is 3.82. The van der Waals surface area contributed by atoms with Crippen LogP contribution in [0.2, 0.25) is 0 Å². The zero-order chi connectivity index (χ0) is 21.1. The zero-order valence-electron chi connectivity index (χ0n) is 17.4. The number of amides is 1. The van der Waals surface area contributed by atoms with Gasteiger partial charge in [0.1, 0.15) is 11.6 Å². The van der Waals surface area contributed by atoms with Crippen LogP contribution >= 0.6 is 11.3 Å². The molecule has 1 saturated heterocycles. The second-order valence-corrected chi connectivity index (χ2v) is 8.68. The first-order valence-electron chi connectivity index (χ1n) is 10.2. The van der Waals surface area contributed by atoms with Crippen LogP contribution in [0.3, 0.4) is 0 Å². The first kappa shape index (κ1) is 20.6. The maximum absolute atomic E-state index is 11.7. The third kappa shape index (κ3) is 4.71. The Hall–Kier alpha value is -2.71. The van der Waals surface area contributed by atoms with Gasteiger partial charge in [-0.1, -0.05) is 0 Å². The van der Waals surface area contributed by atoms with E-state index in [1.165, 1.54) is 17.9 Å². The SMILES string of the molecule is CC(=O)CN(CN1CCC(c2c[nH]c3ccc(NC(C)=O)cc23)CC1)c1cscn1. The molecule has 1 amide bonds. The van der Waals surface area contributed by atoms with Crippen LogP contribution in [0, 0.1) is 0 Å². The Morgan fingerprint density at radius 2 is 2.10 bits per heavy atom. The summed E-state index contributed by atoms with van der Waals surface area (Å²) < 4.78 is 0. The fourth-order valence-corrected chi connectivity index (χ4v) is 4.78. The number of carbonyl (C=O) groups excluding carboxylic acids is 2. The van der Waals surface area contributed by atoms with Crippen molar-refractivity contribution in [3.05, 3.63) is 40.8 Å². The fourth-order valence-electron chi connectivity index (χ4n) is 4.22. The maximum atomic E-state index is 11.7. The van der Waals surface area contributed by atoms with E-state index in [1.807, 2.05) is 17.5 Å². The van der Waals surface area contributed by atoms with Gasteiger partial charge in [-0.25, -0.2) is 4.98 Å². The highest BCUT2D eigenvalue weighted by atomic mass is 32.1. The highest BCUT2D eigenvalue weighted by Gasteiger charge is 2.25. The van der Waals surface area contributed by atoms with Gasteiger partial charge in [0.05, 0.1) is 18.7 Å². The molecule has 0 unspecified atom stereocenters. The molecule has 0 saturated carbocycles. The molecular formula is C22H27N5O2S. The van der Waals surface area contributed by atoms with Crippen LogP contribution in [0.1, 0.15) is 38.2 Å². The number of ketones is 1. The molecule has 1 aliphatic heterocycles. The van der Waals surface area contributed by atoms with Crippen molar-refractivity contribution in [2.75, 3.05) is 36.5 Å². The Morgan fingerprint density at radius 1 is 1.30 bits per heavy atom. The smallest absolute Gasteiger partial charge is 0.221 e. The standard InChI is InChI=1S/C22H27N5O2S/c1-15(28)11-27(22-12-30-13-24-22)14-26-7-5-17(6-8-26)20-10-23-21-4-3-18(9-19(20)21)25-16(2)29/h3-4,9-10,12-13,17,23H,5-8,11,14H2,1-2H3,(H,25,29). The van der Waals surface area contributed by atoms with E-state index in [-0.39, 0.29) is 11.7 Å². The monoisotopic (exact) mass is 425 g/mol. The van der Waals surface area contributed by atoms with Gasteiger partial charge in [-0.15, -0.1) is 11.3 Å². The van der Waals surface area contributed by atoms with E-state index in [0.717, 1.165) is 49.6 Å². The minimum absolute atomic E-state index is 0.0602. The quantitative estimate of drug-likeness (QED) is 0.602. The average Bonchev–Trinajstić information content (AvgIpc) is 3.37. The number of Topliss-reactive ketones (excluding diaryl/α,β-unsaturated/α-hetero) is 1. The van der Waals surface area contributed by atoms with E-state index in [2.05, 4.69) is 37.3 Å². The van der Waals surface area contributed by atoms with Crippen molar-refractivity contribution in [3.63, 3.8) is 0 Å². The number of H-pyrrole nitrogens is 1. The number of nitrogens with one attached hydrogen (secondary N) is 2. The topological polar surface area (TPSA) is 81.3 Å². The van der Waals surface area contributed by atoms with Gasteiger partial charge in [-0.2, -0.15) is 0 Å². The van der Waals surface area contributed by atoms with Crippen LogP contribution in [0.15, 0.2) is 35.3 Å². The van der Waals surface area contributed by atoms with Gasteiger partial charge in [0.2, 0.25) is 5.91 Å². The van der Waals surface area contributed by atoms with Crippen molar-refractivity contribution >= 4 is 45.4 Å². The molecule has 0 atom stereocenters. The van der Waals surface area contributed by atoms with Crippen molar-refractivity contribution in [2.24, 2.45) is 0 Å². The van der Waals surface area contributed by atoms with Gasteiger partial charge < -0.3 is 15.2 Å². The van der Waals surface area contributed by atoms with Crippen LogP contribution in [0.5, 0.6) is 0 Å². The molecule has 30 heavy (non-hydrogen) atoms. The first-order chi connectivity index (χ1) is 14.5. The minimum atomic E-state index is -0.0602. The molecule has 4 rings (SSSR count). The number of hydrogen-bond acceptors (Lipinski definition) is 6. The summed E-state index contributed by atoms with van der Waals surface area (Å²) in [5.74, 6) is 1.43. The number of hydrogen-bond donors (Lipinski definition) is 2. The number of aromatic amines is 1. The summed E-state index contributed by atoms with van der Waals surface area (Å²) in [4.78, 5) is 35.3. The molecule has 2 N–H and O–H groups in total. The van der Waals surface area contributed by atoms with Gasteiger partial charge in [0.15, 0.2) is 0 Å². The average molecular weight is 426 g/mol. The van der Waals surface area contributed by atoms with E-state index < -0.39 is 0 Å². The Bertz CT molecular complexity index is 1020. The highest BCUT2D eigenvalue weighted by Crippen LogP contribution is 2.34. The first-order valence-corrected chi connectivity index (χ1v) is 11.2. The van der Waals surface area contributed by atoms with Gasteiger partial charge >= 0.3 is 0 Å². The summed E-state index contributed by atoms with van der Waals surface area (Å²) >= 11 is 1.55. The molecule has 0 spiro atoms. The lowest BCUT2D eigenvalue weighted by molar-refractivity contribution is -0.116. The third-order valence-corrected chi connectivity index (χ3v) is 6.16. The number of fused-ring (bicyclic) bond motifs is 1. The number of likely N-dealkylation sites (tertiary alicyclic amines) is 1.